The summed E-state index contributed by atoms with van der Waals surface area (Å²) in [5, 5.41) is 3.20. The SMILES string of the molecule is CN[C@@H]1CCCN(C(=O)c2ccc(B3OC(C)(C)C(C)(C)O3)cc2F)C1. The van der Waals surface area contributed by atoms with Crippen molar-refractivity contribution in [2.75, 3.05) is 20.1 Å². The fourth-order valence-corrected chi connectivity index (χ4v) is 3.40. The highest BCUT2D eigenvalue weighted by atomic mass is 19.1. The van der Waals surface area contributed by atoms with E-state index < -0.39 is 24.1 Å². The largest absolute Gasteiger partial charge is 0.494 e. The number of rotatable bonds is 3. The van der Waals surface area contributed by atoms with Crippen LogP contribution in [0.2, 0.25) is 0 Å². The molecule has 0 unspecified atom stereocenters. The fourth-order valence-electron chi connectivity index (χ4n) is 3.40. The monoisotopic (exact) mass is 362 g/mol. The number of nitrogens with zero attached hydrogens (tertiary/aromatic N) is 1. The molecule has 2 aliphatic heterocycles. The van der Waals surface area contributed by atoms with Crippen molar-refractivity contribution in [1.82, 2.24) is 10.2 Å². The summed E-state index contributed by atoms with van der Waals surface area (Å²) in [6.45, 7) is 9.08. The van der Waals surface area contributed by atoms with Crippen molar-refractivity contribution in [3.05, 3.63) is 29.6 Å². The molecule has 1 atom stereocenters. The molecule has 26 heavy (non-hydrogen) atoms. The fraction of sp³-hybridized carbons (Fsp3) is 0.632. The van der Waals surface area contributed by atoms with Gasteiger partial charge in [0, 0.05) is 19.1 Å². The van der Waals surface area contributed by atoms with Crippen LogP contribution < -0.4 is 10.8 Å². The van der Waals surface area contributed by atoms with Crippen molar-refractivity contribution in [3.8, 4) is 0 Å². The van der Waals surface area contributed by atoms with E-state index >= 15 is 0 Å². The highest BCUT2D eigenvalue weighted by Crippen LogP contribution is 2.36. The summed E-state index contributed by atoms with van der Waals surface area (Å²) in [5.41, 5.74) is -0.288. The van der Waals surface area contributed by atoms with Crippen LogP contribution in [0.15, 0.2) is 18.2 Å². The molecule has 5 nitrogen and oxygen atoms in total. The Kier molecular flexibility index (Phi) is 5.16. The van der Waals surface area contributed by atoms with Gasteiger partial charge >= 0.3 is 7.12 Å². The Bertz CT molecular complexity index is 679. The standard InChI is InChI=1S/C19H28BFN2O3/c1-18(2)19(3,4)26-20(25-18)13-8-9-15(16(21)11-13)17(24)23-10-6-7-14(12-23)22-5/h8-9,11,14,22H,6-7,10,12H2,1-5H3/t14-/m1/s1. The van der Waals surface area contributed by atoms with Crippen molar-refractivity contribution < 1.29 is 18.5 Å². The zero-order valence-corrected chi connectivity index (χ0v) is 16.3. The molecule has 3 rings (SSSR count). The van der Waals surface area contributed by atoms with Crippen LogP contribution in [0.25, 0.3) is 0 Å². The van der Waals surface area contributed by atoms with Crippen molar-refractivity contribution in [1.29, 1.82) is 0 Å². The Balaban J connectivity index is 1.77. The number of likely N-dealkylation sites (tertiary alicyclic amines) is 1. The first kappa shape index (κ1) is 19.3. The van der Waals surface area contributed by atoms with Gasteiger partial charge in [0.2, 0.25) is 0 Å². The molecule has 1 amide bonds. The molecule has 0 aromatic heterocycles. The van der Waals surface area contributed by atoms with Crippen LogP contribution in [0.1, 0.15) is 50.9 Å². The number of carbonyl (C=O) groups is 1. The number of hydrogen-bond donors (Lipinski definition) is 1. The van der Waals surface area contributed by atoms with E-state index in [1.807, 2.05) is 34.7 Å². The van der Waals surface area contributed by atoms with Crippen molar-refractivity contribution in [3.63, 3.8) is 0 Å². The van der Waals surface area contributed by atoms with Crippen molar-refractivity contribution >= 4 is 18.5 Å². The number of benzene rings is 1. The van der Waals surface area contributed by atoms with Gasteiger partial charge in [-0.2, -0.15) is 0 Å². The number of carbonyl (C=O) groups excluding carboxylic acids is 1. The number of likely N-dealkylation sites (N-methyl/N-ethyl adjacent to an activating group) is 1. The second-order valence-corrected chi connectivity index (χ2v) is 8.21. The third-order valence-electron chi connectivity index (χ3n) is 5.87. The Morgan fingerprint density at radius 1 is 1.27 bits per heavy atom. The molecular formula is C19H28BFN2O3. The van der Waals surface area contributed by atoms with Crippen LogP contribution in [0, 0.1) is 5.82 Å². The predicted molar refractivity (Wildman–Crippen MR) is 100 cm³/mol. The molecule has 1 aromatic rings. The van der Waals surface area contributed by atoms with Crippen LogP contribution in [0.3, 0.4) is 0 Å². The smallest absolute Gasteiger partial charge is 0.399 e. The summed E-state index contributed by atoms with van der Waals surface area (Å²) in [7, 11) is 1.25. The van der Waals surface area contributed by atoms with Gasteiger partial charge in [0.1, 0.15) is 5.82 Å². The van der Waals surface area contributed by atoms with Gasteiger partial charge in [-0.05, 0) is 65.2 Å². The summed E-state index contributed by atoms with van der Waals surface area (Å²) in [5.74, 6) is -0.795. The van der Waals surface area contributed by atoms with E-state index in [9.17, 15) is 9.18 Å². The molecule has 1 N–H and O–H groups in total. The average molecular weight is 362 g/mol. The van der Waals surface area contributed by atoms with E-state index in [0.717, 1.165) is 12.8 Å². The summed E-state index contributed by atoms with van der Waals surface area (Å²) < 4.78 is 26.6. The van der Waals surface area contributed by atoms with Gasteiger partial charge in [-0.25, -0.2) is 4.39 Å². The topological polar surface area (TPSA) is 50.8 Å². The highest BCUT2D eigenvalue weighted by molar-refractivity contribution is 6.62. The molecule has 0 spiro atoms. The van der Waals surface area contributed by atoms with Crippen molar-refractivity contribution in [2.24, 2.45) is 0 Å². The number of hydrogen-bond acceptors (Lipinski definition) is 4. The van der Waals surface area contributed by atoms with Crippen LogP contribution in [-0.4, -0.2) is 55.3 Å². The maximum absolute atomic E-state index is 14.7. The number of halogens is 1. The second-order valence-electron chi connectivity index (χ2n) is 8.21. The number of nitrogens with one attached hydrogen (secondary N) is 1. The second kappa shape index (κ2) is 6.95. The van der Waals surface area contributed by atoms with Crippen molar-refractivity contribution in [2.45, 2.75) is 57.8 Å². The zero-order valence-electron chi connectivity index (χ0n) is 16.3. The van der Waals surface area contributed by atoms with E-state index in [0.29, 0.717) is 18.6 Å². The number of amides is 1. The number of piperidine rings is 1. The lowest BCUT2D eigenvalue weighted by Crippen LogP contribution is -2.47. The van der Waals surface area contributed by atoms with Gasteiger partial charge in [-0.3, -0.25) is 4.79 Å². The Morgan fingerprint density at radius 2 is 1.92 bits per heavy atom. The molecule has 2 heterocycles. The van der Waals surface area contributed by atoms with E-state index in [2.05, 4.69) is 5.32 Å². The lowest BCUT2D eigenvalue weighted by atomic mass is 9.78. The minimum Gasteiger partial charge on any atom is -0.399 e. The molecule has 0 radical (unpaired) electrons. The third kappa shape index (κ3) is 3.52. The molecule has 2 saturated heterocycles. The van der Waals surface area contributed by atoms with Crippen LogP contribution >= 0.6 is 0 Å². The van der Waals surface area contributed by atoms with Crippen LogP contribution in [-0.2, 0) is 9.31 Å². The molecule has 7 heteroatoms. The molecule has 0 saturated carbocycles. The van der Waals surface area contributed by atoms with Gasteiger partial charge < -0.3 is 19.5 Å². The molecule has 0 bridgehead atoms. The van der Waals surface area contributed by atoms with Gasteiger partial charge in [0.25, 0.3) is 5.91 Å². The predicted octanol–water partition coefficient (Wildman–Crippen LogP) is 1.95. The Hall–Kier alpha value is -1.44. The molecule has 2 fully saturated rings. The van der Waals surface area contributed by atoms with Gasteiger partial charge in [-0.15, -0.1) is 0 Å². The minimum absolute atomic E-state index is 0.0991. The average Bonchev–Trinajstić information content (AvgIpc) is 2.82. The Morgan fingerprint density at radius 3 is 2.50 bits per heavy atom. The minimum atomic E-state index is -0.637. The third-order valence-corrected chi connectivity index (χ3v) is 5.87. The molecule has 0 aliphatic carbocycles. The van der Waals surface area contributed by atoms with Crippen LogP contribution in [0.4, 0.5) is 4.39 Å². The lowest BCUT2D eigenvalue weighted by Gasteiger charge is -2.32. The summed E-state index contributed by atoms with van der Waals surface area (Å²) in [4.78, 5) is 14.4. The first-order valence-corrected chi connectivity index (χ1v) is 9.26. The zero-order chi connectivity index (χ0) is 19.1. The van der Waals surface area contributed by atoms with E-state index in [1.165, 1.54) is 6.07 Å². The summed E-state index contributed by atoms with van der Waals surface area (Å²) >= 11 is 0. The lowest BCUT2D eigenvalue weighted by molar-refractivity contribution is 0.00578. The normalized spacial score (nSPS) is 24.8. The first-order valence-electron chi connectivity index (χ1n) is 9.26. The van der Waals surface area contributed by atoms with Gasteiger partial charge in [0.05, 0.1) is 16.8 Å². The Labute approximate surface area is 155 Å². The first-order chi connectivity index (χ1) is 12.1. The van der Waals surface area contributed by atoms with Gasteiger partial charge in [0.15, 0.2) is 0 Å². The molecular weight excluding hydrogens is 334 g/mol. The quantitative estimate of drug-likeness (QED) is 0.836. The highest BCUT2D eigenvalue weighted by Gasteiger charge is 2.51. The molecule has 1 aromatic carbocycles. The van der Waals surface area contributed by atoms with Crippen LogP contribution in [0.5, 0.6) is 0 Å². The maximum Gasteiger partial charge on any atom is 0.494 e. The van der Waals surface area contributed by atoms with E-state index in [1.54, 1.807) is 17.0 Å². The summed E-state index contributed by atoms with van der Waals surface area (Å²) in [6, 6.07) is 4.88. The van der Waals surface area contributed by atoms with E-state index in [4.69, 9.17) is 9.31 Å². The van der Waals surface area contributed by atoms with Gasteiger partial charge in [-0.1, -0.05) is 6.07 Å². The molecule has 142 valence electrons. The van der Waals surface area contributed by atoms with E-state index in [-0.39, 0.29) is 17.5 Å². The summed E-state index contributed by atoms with van der Waals surface area (Å²) in [6.07, 6.45) is 1.95. The molecule has 2 aliphatic rings. The maximum atomic E-state index is 14.7.